The summed E-state index contributed by atoms with van der Waals surface area (Å²) in [5.74, 6) is 1.12. The zero-order valence-electron chi connectivity index (χ0n) is 31.2. The minimum atomic E-state index is -3.08. The first kappa shape index (κ1) is 39.0. The van der Waals surface area contributed by atoms with Crippen molar-refractivity contribution in [3.63, 3.8) is 0 Å². The first-order valence-electron chi connectivity index (χ1n) is 19.2. The second-order valence-electron chi connectivity index (χ2n) is 15.8. The monoisotopic (exact) mass is 872 g/mol. The Kier molecular flexibility index (Phi) is 13.0. The smallest absolute Gasteiger partial charge is 0.147 e. The Balaban J connectivity index is 0.00000243. The van der Waals surface area contributed by atoms with Crippen LogP contribution >= 0.6 is 24.8 Å². The average Bonchev–Trinajstić information content (AvgIpc) is 3.65. The maximum atomic E-state index is 2.71. The molecule has 1 heterocycles. The van der Waals surface area contributed by atoms with Crippen molar-refractivity contribution in [3.8, 4) is 22.3 Å². The van der Waals surface area contributed by atoms with E-state index in [1.807, 2.05) is 0 Å². The van der Waals surface area contributed by atoms with E-state index in [9.17, 15) is 0 Å². The molecule has 2 atom stereocenters. The van der Waals surface area contributed by atoms with Crippen molar-refractivity contribution in [2.24, 2.45) is 0 Å². The van der Waals surface area contributed by atoms with Crippen molar-refractivity contribution >= 4 is 37.0 Å². The van der Waals surface area contributed by atoms with Crippen LogP contribution in [-0.2, 0) is 20.0 Å². The molecule has 4 aromatic rings. The van der Waals surface area contributed by atoms with Crippen molar-refractivity contribution < 1.29 is 20.0 Å². The largest absolute Gasteiger partial charge is 0.147 e. The molecule has 1 saturated heterocycles. The van der Waals surface area contributed by atoms with E-state index in [2.05, 4.69) is 139 Å². The molecule has 0 saturated carbocycles. The second kappa shape index (κ2) is 16.7. The maximum absolute atomic E-state index is 3.08. The van der Waals surface area contributed by atoms with Gasteiger partial charge in [-0.05, 0) is 0 Å². The zero-order valence-corrected chi connectivity index (χ0v) is 36.5. The average molecular weight is 872 g/mol. The molecule has 1 aliphatic heterocycles. The third-order valence-electron chi connectivity index (χ3n) is 12.2. The Morgan fingerprint density at radius 2 is 0.960 bits per heavy atom. The standard InChI is InChI=1S/2C22H25.C3H6.2ClH.Hf/c2*1-4-5-7-17-14-20-8-6-9-21(22(20)15-17)19-12-10-18(11-13-19)16(2)3;1-3-2;;;/h2*6,8-16H,4-5,7H2,1-3H3;1-3H2;2*1H;. The number of hydrogen-bond donors (Lipinski definition) is 0. The van der Waals surface area contributed by atoms with Crippen LogP contribution in [0.4, 0.5) is 0 Å². The first-order valence-corrected chi connectivity index (χ1v) is 28.5. The van der Waals surface area contributed by atoms with E-state index in [4.69, 9.17) is 0 Å². The summed E-state index contributed by atoms with van der Waals surface area (Å²) >= 11 is -3.08. The molecule has 4 aromatic carbocycles. The van der Waals surface area contributed by atoms with Gasteiger partial charge in [0.05, 0.1) is 0 Å². The predicted molar refractivity (Wildman–Crippen MR) is 221 cm³/mol. The van der Waals surface area contributed by atoms with Crippen LogP contribution in [0.5, 0.6) is 0 Å². The molecule has 0 amide bonds. The molecule has 50 heavy (non-hydrogen) atoms. The van der Waals surface area contributed by atoms with E-state index >= 15 is 0 Å². The maximum Gasteiger partial charge on any atom is -0.147 e. The summed E-state index contributed by atoms with van der Waals surface area (Å²) < 4.78 is 4.49. The third-order valence-corrected chi connectivity index (χ3v) is 34.5. The molecule has 3 aliphatic rings. The number of unbranched alkanes of at least 4 members (excludes halogenated alkanes) is 2. The SMILES string of the molecule is CCCCC1=Cc2c(-c3ccc(C(C)C)cc3)cccc2[CH]1[Hf]1([CH]2C(CCCC)=Cc3c(-c4ccc(C(C)C)cc4)cccc32)[CH2]C[CH2]1.Cl.Cl. The molecule has 2 aliphatic carbocycles. The molecule has 2 unspecified atom stereocenters. The third kappa shape index (κ3) is 7.10. The molecular weight excluding hydrogens is 814 g/mol. The fraction of sp³-hybridized carbons (Fsp3) is 0.404. The minimum absolute atomic E-state index is 0. The van der Waals surface area contributed by atoms with E-state index in [0.29, 0.717) is 19.2 Å². The van der Waals surface area contributed by atoms with Crippen LogP contribution in [0.25, 0.3) is 34.4 Å². The normalized spacial score (nSPS) is 18.5. The Bertz CT molecular complexity index is 1690. The number of benzene rings is 4. The van der Waals surface area contributed by atoms with E-state index < -0.39 is 20.0 Å². The van der Waals surface area contributed by atoms with Crippen molar-refractivity contribution in [1.29, 1.82) is 0 Å². The van der Waals surface area contributed by atoms with Gasteiger partial charge in [0.2, 0.25) is 0 Å². The predicted octanol–water partition coefficient (Wildman–Crippen LogP) is 15.5. The molecule has 0 aromatic heterocycles. The second-order valence-corrected chi connectivity index (χ2v) is 32.4. The number of hydrogen-bond acceptors (Lipinski definition) is 0. The summed E-state index contributed by atoms with van der Waals surface area (Å²) in [6, 6.07) is 33.7. The molecule has 0 nitrogen and oxygen atoms in total. The fourth-order valence-electron chi connectivity index (χ4n) is 9.41. The topological polar surface area (TPSA) is 0 Å². The fourth-order valence-corrected chi connectivity index (χ4v) is 32.2. The van der Waals surface area contributed by atoms with Crippen LogP contribution in [0.15, 0.2) is 96.1 Å². The van der Waals surface area contributed by atoms with Gasteiger partial charge in [0, 0.05) is 0 Å². The number of fused-ring (bicyclic) bond motifs is 2. The van der Waals surface area contributed by atoms with Crippen LogP contribution in [0, 0.1) is 0 Å². The van der Waals surface area contributed by atoms with Crippen LogP contribution in [-0.4, -0.2) is 0 Å². The van der Waals surface area contributed by atoms with Gasteiger partial charge in [-0.15, -0.1) is 24.8 Å². The van der Waals surface area contributed by atoms with E-state index in [1.54, 1.807) is 33.4 Å². The summed E-state index contributed by atoms with van der Waals surface area (Å²) in [4.78, 5) is 0. The molecule has 0 N–H and O–H groups in total. The molecule has 7 rings (SSSR count). The van der Waals surface area contributed by atoms with Gasteiger partial charge in [-0.2, -0.15) is 0 Å². The number of rotatable bonds is 12. The Morgan fingerprint density at radius 1 is 0.560 bits per heavy atom. The quantitative estimate of drug-likeness (QED) is 0.124. The summed E-state index contributed by atoms with van der Waals surface area (Å²) in [7, 11) is 0. The van der Waals surface area contributed by atoms with Crippen molar-refractivity contribution in [1.82, 2.24) is 0 Å². The molecule has 0 bridgehead atoms. The Labute approximate surface area is 320 Å². The number of allylic oxidation sites excluding steroid dienone is 2. The van der Waals surface area contributed by atoms with E-state index in [0.717, 1.165) is 0 Å². The summed E-state index contributed by atoms with van der Waals surface area (Å²) in [5.41, 5.74) is 18.6. The van der Waals surface area contributed by atoms with Crippen LogP contribution in [0.1, 0.15) is 139 Å². The van der Waals surface area contributed by atoms with Crippen molar-refractivity contribution in [2.45, 2.75) is 114 Å². The van der Waals surface area contributed by atoms with E-state index in [-0.39, 0.29) is 24.8 Å². The summed E-state index contributed by atoms with van der Waals surface area (Å²) in [6.45, 7) is 13.9. The first-order chi connectivity index (χ1) is 23.4. The van der Waals surface area contributed by atoms with Gasteiger partial charge in [-0.1, -0.05) is 0 Å². The molecule has 0 spiro atoms. The molecular formula is C47H58Cl2Hf. The van der Waals surface area contributed by atoms with Crippen LogP contribution in [0.2, 0.25) is 8.35 Å². The van der Waals surface area contributed by atoms with Crippen LogP contribution in [0.3, 0.4) is 0 Å². The van der Waals surface area contributed by atoms with Gasteiger partial charge < -0.3 is 0 Å². The Hall–Kier alpha value is -2.19. The van der Waals surface area contributed by atoms with Crippen molar-refractivity contribution in [2.75, 3.05) is 0 Å². The molecule has 0 radical (unpaired) electrons. The minimum Gasteiger partial charge on any atom is -0.147 e. The van der Waals surface area contributed by atoms with Gasteiger partial charge >= 0.3 is 298 Å². The van der Waals surface area contributed by atoms with Gasteiger partial charge in [-0.3, -0.25) is 0 Å². The zero-order chi connectivity index (χ0) is 33.4. The Morgan fingerprint density at radius 3 is 1.28 bits per heavy atom. The number of halogens is 2. The molecule has 1 fully saturated rings. The van der Waals surface area contributed by atoms with E-state index in [1.165, 1.54) is 86.7 Å². The molecule has 264 valence electrons. The van der Waals surface area contributed by atoms with Gasteiger partial charge in [-0.25, -0.2) is 0 Å². The summed E-state index contributed by atoms with van der Waals surface area (Å²) in [5, 5.41) is 0. The van der Waals surface area contributed by atoms with Gasteiger partial charge in [0.15, 0.2) is 0 Å². The van der Waals surface area contributed by atoms with Gasteiger partial charge in [0.1, 0.15) is 0 Å². The molecule has 3 heteroatoms. The van der Waals surface area contributed by atoms with Crippen LogP contribution < -0.4 is 0 Å². The summed E-state index contributed by atoms with van der Waals surface area (Å²) in [6.07, 6.45) is 14.5. The van der Waals surface area contributed by atoms with Gasteiger partial charge in [0.25, 0.3) is 0 Å². The van der Waals surface area contributed by atoms with Crippen molar-refractivity contribution in [3.05, 3.63) is 129 Å².